The fraction of sp³-hybridized carbons (Fsp3) is 0.500. The average molecular weight is 311 g/mol. The Balaban J connectivity index is 1.84. The third-order valence-electron chi connectivity index (χ3n) is 3.34. The number of halogens is 1. The molecule has 18 heavy (non-hydrogen) atoms. The zero-order valence-corrected chi connectivity index (χ0v) is 12.2. The normalized spacial score (nSPS) is 18.9. The number of amides is 1. The van der Waals surface area contributed by atoms with Gasteiger partial charge in [0, 0.05) is 10.9 Å². The van der Waals surface area contributed by atoms with Crippen LogP contribution < -0.4 is 10.6 Å². The maximum absolute atomic E-state index is 11.9. The Labute approximate surface area is 116 Å². The number of benzene rings is 1. The molecular weight excluding hydrogens is 292 g/mol. The van der Waals surface area contributed by atoms with E-state index < -0.39 is 0 Å². The summed E-state index contributed by atoms with van der Waals surface area (Å²) >= 11 is 3.45. The SMILES string of the molecule is Cc1ccc(Br)c(NC(=O)CCC2CCNC2)c1. The van der Waals surface area contributed by atoms with Gasteiger partial charge in [-0.1, -0.05) is 6.07 Å². The Bertz CT molecular complexity index is 428. The van der Waals surface area contributed by atoms with Gasteiger partial charge in [0.1, 0.15) is 0 Å². The molecule has 0 radical (unpaired) electrons. The van der Waals surface area contributed by atoms with Crippen LogP contribution in [0.25, 0.3) is 0 Å². The summed E-state index contributed by atoms with van der Waals surface area (Å²) in [5.74, 6) is 0.768. The zero-order chi connectivity index (χ0) is 13.0. The van der Waals surface area contributed by atoms with Crippen molar-refractivity contribution in [2.24, 2.45) is 5.92 Å². The lowest BCUT2D eigenvalue weighted by Gasteiger charge is -2.10. The Morgan fingerprint density at radius 1 is 1.56 bits per heavy atom. The van der Waals surface area contributed by atoms with E-state index in [9.17, 15) is 4.79 Å². The van der Waals surface area contributed by atoms with E-state index in [-0.39, 0.29) is 5.91 Å². The van der Waals surface area contributed by atoms with Gasteiger partial charge in [0.2, 0.25) is 5.91 Å². The highest BCUT2D eigenvalue weighted by Gasteiger charge is 2.16. The van der Waals surface area contributed by atoms with Crippen LogP contribution in [0.3, 0.4) is 0 Å². The molecule has 0 aromatic heterocycles. The van der Waals surface area contributed by atoms with Crippen molar-refractivity contribution in [3.63, 3.8) is 0 Å². The predicted molar refractivity (Wildman–Crippen MR) is 77.7 cm³/mol. The molecule has 1 atom stereocenters. The topological polar surface area (TPSA) is 41.1 Å². The number of hydrogen-bond acceptors (Lipinski definition) is 2. The Morgan fingerprint density at radius 2 is 2.39 bits per heavy atom. The van der Waals surface area contributed by atoms with E-state index in [1.54, 1.807) is 0 Å². The van der Waals surface area contributed by atoms with E-state index in [0.29, 0.717) is 12.3 Å². The average Bonchev–Trinajstić information content (AvgIpc) is 2.84. The molecular formula is C14H19BrN2O. The molecule has 2 N–H and O–H groups in total. The second-order valence-corrected chi connectivity index (χ2v) is 5.78. The van der Waals surface area contributed by atoms with Gasteiger partial charge in [0.25, 0.3) is 0 Å². The van der Waals surface area contributed by atoms with Gasteiger partial charge in [-0.25, -0.2) is 0 Å². The minimum Gasteiger partial charge on any atom is -0.325 e. The number of nitrogens with one attached hydrogen (secondary N) is 2. The quantitative estimate of drug-likeness (QED) is 0.897. The number of hydrogen-bond donors (Lipinski definition) is 2. The highest BCUT2D eigenvalue weighted by atomic mass is 79.9. The van der Waals surface area contributed by atoms with Crippen molar-refractivity contribution in [2.45, 2.75) is 26.2 Å². The number of anilines is 1. The summed E-state index contributed by atoms with van der Waals surface area (Å²) in [4.78, 5) is 11.9. The summed E-state index contributed by atoms with van der Waals surface area (Å²) in [7, 11) is 0. The van der Waals surface area contributed by atoms with Crippen LogP contribution in [0.15, 0.2) is 22.7 Å². The van der Waals surface area contributed by atoms with E-state index in [2.05, 4.69) is 26.6 Å². The molecule has 1 fully saturated rings. The van der Waals surface area contributed by atoms with Crippen LogP contribution >= 0.6 is 15.9 Å². The van der Waals surface area contributed by atoms with Crippen LogP contribution in [0, 0.1) is 12.8 Å². The standard InChI is InChI=1S/C14H19BrN2O/c1-10-2-4-12(15)13(8-10)17-14(18)5-3-11-6-7-16-9-11/h2,4,8,11,16H,3,5-7,9H2,1H3,(H,17,18). The second kappa shape index (κ2) is 6.34. The van der Waals surface area contributed by atoms with E-state index >= 15 is 0 Å². The number of rotatable bonds is 4. The predicted octanol–water partition coefficient (Wildman–Crippen LogP) is 3.09. The van der Waals surface area contributed by atoms with Gasteiger partial charge in [-0.15, -0.1) is 0 Å². The molecule has 0 aliphatic carbocycles. The molecule has 1 aromatic rings. The van der Waals surface area contributed by atoms with Crippen molar-refractivity contribution in [1.82, 2.24) is 5.32 Å². The van der Waals surface area contributed by atoms with Gasteiger partial charge < -0.3 is 10.6 Å². The third-order valence-corrected chi connectivity index (χ3v) is 4.03. The zero-order valence-electron chi connectivity index (χ0n) is 10.6. The minimum atomic E-state index is 0.105. The molecule has 1 aliphatic rings. The van der Waals surface area contributed by atoms with E-state index in [4.69, 9.17) is 0 Å². The largest absolute Gasteiger partial charge is 0.325 e. The van der Waals surface area contributed by atoms with Crippen LogP contribution in [0.5, 0.6) is 0 Å². The fourth-order valence-electron chi connectivity index (χ4n) is 2.24. The van der Waals surface area contributed by atoms with Gasteiger partial charge in [0.15, 0.2) is 0 Å². The van der Waals surface area contributed by atoms with Crippen molar-refractivity contribution < 1.29 is 4.79 Å². The van der Waals surface area contributed by atoms with Crippen molar-refractivity contribution in [1.29, 1.82) is 0 Å². The van der Waals surface area contributed by atoms with E-state index in [1.807, 2.05) is 25.1 Å². The first-order valence-corrected chi connectivity index (χ1v) is 7.21. The van der Waals surface area contributed by atoms with Crippen molar-refractivity contribution in [2.75, 3.05) is 18.4 Å². The second-order valence-electron chi connectivity index (χ2n) is 4.93. The molecule has 4 heteroatoms. The van der Waals surface area contributed by atoms with Gasteiger partial charge in [-0.05, 0) is 72.4 Å². The molecule has 3 nitrogen and oxygen atoms in total. The van der Waals surface area contributed by atoms with Crippen molar-refractivity contribution in [3.8, 4) is 0 Å². The van der Waals surface area contributed by atoms with Crippen molar-refractivity contribution in [3.05, 3.63) is 28.2 Å². The van der Waals surface area contributed by atoms with Gasteiger partial charge >= 0.3 is 0 Å². The maximum Gasteiger partial charge on any atom is 0.224 e. The molecule has 0 saturated carbocycles. The summed E-state index contributed by atoms with van der Waals surface area (Å²) in [6.07, 6.45) is 2.77. The summed E-state index contributed by atoms with van der Waals surface area (Å²) in [6.45, 7) is 4.17. The smallest absolute Gasteiger partial charge is 0.224 e. The molecule has 1 heterocycles. The molecule has 0 bridgehead atoms. The lowest BCUT2D eigenvalue weighted by atomic mass is 10.0. The van der Waals surface area contributed by atoms with E-state index in [0.717, 1.165) is 35.2 Å². The van der Waals surface area contributed by atoms with Gasteiger partial charge in [-0.2, -0.15) is 0 Å². The summed E-state index contributed by atoms with van der Waals surface area (Å²) in [5.41, 5.74) is 2.01. The minimum absolute atomic E-state index is 0.105. The summed E-state index contributed by atoms with van der Waals surface area (Å²) in [6, 6.07) is 5.97. The van der Waals surface area contributed by atoms with Gasteiger partial charge in [-0.3, -0.25) is 4.79 Å². The molecule has 1 aromatic carbocycles. The maximum atomic E-state index is 11.9. The van der Waals surface area contributed by atoms with Crippen LogP contribution in [-0.2, 0) is 4.79 Å². The highest BCUT2D eigenvalue weighted by Crippen LogP contribution is 2.24. The number of aryl methyl sites for hydroxylation is 1. The molecule has 0 spiro atoms. The Morgan fingerprint density at radius 3 is 3.11 bits per heavy atom. The summed E-state index contributed by atoms with van der Waals surface area (Å²) in [5, 5.41) is 6.29. The number of carbonyl (C=O) groups is 1. The first kappa shape index (κ1) is 13.6. The molecule has 1 amide bonds. The molecule has 98 valence electrons. The van der Waals surface area contributed by atoms with Gasteiger partial charge in [0.05, 0.1) is 5.69 Å². The summed E-state index contributed by atoms with van der Waals surface area (Å²) < 4.78 is 0.934. The highest BCUT2D eigenvalue weighted by molar-refractivity contribution is 9.10. The third kappa shape index (κ3) is 3.82. The Hall–Kier alpha value is -0.870. The monoisotopic (exact) mass is 310 g/mol. The lowest BCUT2D eigenvalue weighted by molar-refractivity contribution is -0.116. The molecule has 1 saturated heterocycles. The van der Waals surface area contributed by atoms with Crippen LogP contribution in [0.2, 0.25) is 0 Å². The number of carbonyl (C=O) groups excluding carboxylic acids is 1. The van der Waals surface area contributed by atoms with E-state index in [1.165, 1.54) is 6.42 Å². The first-order valence-electron chi connectivity index (χ1n) is 6.42. The van der Waals surface area contributed by atoms with Crippen LogP contribution in [0.4, 0.5) is 5.69 Å². The lowest BCUT2D eigenvalue weighted by Crippen LogP contribution is -2.15. The molecule has 1 aliphatic heterocycles. The van der Waals surface area contributed by atoms with Crippen LogP contribution in [0.1, 0.15) is 24.8 Å². The fourth-order valence-corrected chi connectivity index (χ4v) is 2.59. The molecule has 2 rings (SSSR count). The first-order chi connectivity index (χ1) is 8.65. The van der Waals surface area contributed by atoms with Crippen LogP contribution in [-0.4, -0.2) is 19.0 Å². The van der Waals surface area contributed by atoms with Crippen molar-refractivity contribution >= 4 is 27.5 Å². The Kier molecular flexibility index (Phi) is 4.78. The molecule has 1 unspecified atom stereocenters.